The summed E-state index contributed by atoms with van der Waals surface area (Å²) in [4.78, 5) is 0. The van der Waals surface area contributed by atoms with Crippen molar-refractivity contribution in [2.24, 2.45) is 5.84 Å². The maximum Gasteiger partial charge on any atom is 0.168 e. The number of nitrogens with one attached hydrogen (secondary N) is 1. The molecule has 2 rings (SSSR count). The molecule has 21 heavy (non-hydrogen) atoms. The number of methoxy groups -OCH3 is 1. The lowest BCUT2D eigenvalue weighted by Gasteiger charge is -2.19. The van der Waals surface area contributed by atoms with E-state index in [1.54, 1.807) is 24.3 Å². The molecule has 0 saturated carbocycles. The molecule has 0 amide bonds. The fourth-order valence-corrected chi connectivity index (χ4v) is 2.80. The molecule has 1 atom stereocenters. The summed E-state index contributed by atoms with van der Waals surface area (Å²) in [5.41, 5.74) is 3.29. The first-order valence-electron chi connectivity index (χ1n) is 6.30. The molecule has 0 aliphatic carbocycles. The van der Waals surface area contributed by atoms with Gasteiger partial charge in [0, 0.05) is 10.0 Å². The maximum absolute atomic E-state index is 14.2. The van der Waals surface area contributed by atoms with Gasteiger partial charge in [-0.1, -0.05) is 34.1 Å². The van der Waals surface area contributed by atoms with Gasteiger partial charge in [0.15, 0.2) is 11.6 Å². The number of ether oxygens (including phenoxy) is 1. The molecule has 0 aliphatic rings. The second-order valence-electron chi connectivity index (χ2n) is 4.49. The van der Waals surface area contributed by atoms with Crippen LogP contribution < -0.4 is 16.0 Å². The van der Waals surface area contributed by atoms with Crippen LogP contribution in [0.4, 0.5) is 8.78 Å². The molecule has 2 aromatic carbocycles. The first-order chi connectivity index (χ1) is 10.1. The molecule has 2 aromatic rings. The van der Waals surface area contributed by atoms with Crippen LogP contribution in [0.3, 0.4) is 0 Å². The standard InChI is InChI=1S/C15H15BrF2N2O/c1-21-13-7-2-4-9(15(13)18)8-12(20-19)14-10(16)5-3-6-11(14)17/h2-7,12,20H,8,19H2,1H3. The summed E-state index contributed by atoms with van der Waals surface area (Å²) in [6.07, 6.45) is 0.194. The fraction of sp³-hybridized carbons (Fsp3) is 0.200. The van der Waals surface area contributed by atoms with E-state index in [0.29, 0.717) is 15.6 Å². The first-order valence-corrected chi connectivity index (χ1v) is 7.09. The minimum absolute atomic E-state index is 0.149. The van der Waals surface area contributed by atoms with Crippen molar-refractivity contribution < 1.29 is 13.5 Å². The summed E-state index contributed by atoms with van der Waals surface area (Å²) in [6.45, 7) is 0. The predicted molar refractivity (Wildman–Crippen MR) is 80.8 cm³/mol. The topological polar surface area (TPSA) is 47.3 Å². The third-order valence-electron chi connectivity index (χ3n) is 3.24. The third-order valence-corrected chi connectivity index (χ3v) is 3.93. The van der Waals surface area contributed by atoms with Crippen molar-refractivity contribution in [1.29, 1.82) is 0 Å². The molecule has 0 saturated heterocycles. The van der Waals surface area contributed by atoms with Gasteiger partial charge < -0.3 is 4.74 Å². The number of benzene rings is 2. The van der Waals surface area contributed by atoms with Crippen LogP contribution in [0.1, 0.15) is 17.2 Å². The Bertz CT molecular complexity index is 617. The van der Waals surface area contributed by atoms with Gasteiger partial charge in [-0.3, -0.25) is 11.3 Å². The molecule has 1 unspecified atom stereocenters. The molecular weight excluding hydrogens is 342 g/mol. The summed E-state index contributed by atoms with van der Waals surface area (Å²) in [5, 5.41) is 0. The van der Waals surface area contributed by atoms with E-state index in [0.717, 1.165) is 0 Å². The fourth-order valence-electron chi connectivity index (χ4n) is 2.18. The number of hydrazine groups is 1. The van der Waals surface area contributed by atoms with Crippen LogP contribution in [0.15, 0.2) is 40.9 Å². The highest BCUT2D eigenvalue weighted by molar-refractivity contribution is 9.10. The molecular formula is C15H15BrF2N2O. The van der Waals surface area contributed by atoms with Crippen LogP contribution in [-0.2, 0) is 6.42 Å². The molecule has 0 heterocycles. The normalized spacial score (nSPS) is 12.2. The van der Waals surface area contributed by atoms with Crippen LogP contribution in [-0.4, -0.2) is 7.11 Å². The average Bonchev–Trinajstić information content (AvgIpc) is 2.47. The van der Waals surface area contributed by atoms with Gasteiger partial charge in [0.2, 0.25) is 0 Å². The van der Waals surface area contributed by atoms with E-state index < -0.39 is 17.7 Å². The van der Waals surface area contributed by atoms with Gasteiger partial charge in [-0.15, -0.1) is 0 Å². The van der Waals surface area contributed by atoms with Gasteiger partial charge >= 0.3 is 0 Å². The van der Waals surface area contributed by atoms with Crippen molar-refractivity contribution in [2.45, 2.75) is 12.5 Å². The van der Waals surface area contributed by atoms with E-state index in [2.05, 4.69) is 21.4 Å². The predicted octanol–water partition coefficient (Wildman–Crippen LogP) is 3.48. The van der Waals surface area contributed by atoms with E-state index >= 15 is 0 Å². The highest BCUT2D eigenvalue weighted by atomic mass is 79.9. The monoisotopic (exact) mass is 356 g/mol. The molecule has 3 N–H and O–H groups in total. The first kappa shape index (κ1) is 15.9. The second-order valence-corrected chi connectivity index (χ2v) is 5.35. The van der Waals surface area contributed by atoms with Crippen molar-refractivity contribution in [3.8, 4) is 5.75 Å². The molecule has 0 aromatic heterocycles. The van der Waals surface area contributed by atoms with Crippen LogP contribution in [0.5, 0.6) is 5.75 Å². The van der Waals surface area contributed by atoms with Gasteiger partial charge in [0.1, 0.15) is 5.82 Å². The Morgan fingerprint density at radius 1 is 1.24 bits per heavy atom. The molecule has 112 valence electrons. The zero-order valence-corrected chi connectivity index (χ0v) is 13.0. The highest BCUT2D eigenvalue weighted by Crippen LogP contribution is 2.30. The molecule has 0 radical (unpaired) electrons. The van der Waals surface area contributed by atoms with Crippen LogP contribution >= 0.6 is 15.9 Å². The minimum atomic E-state index is -0.567. The summed E-state index contributed by atoms with van der Waals surface area (Å²) >= 11 is 3.29. The summed E-state index contributed by atoms with van der Waals surface area (Å²) < 4.78 is 33.7. The van der Waals surface area contributed by atoms with E-state index in [1.165, 1.54) is 19.2 Å². The van der Waals surface area contributed by atoms with Crippen LogP contribution in [0.25, 0.3) is 0 Å². The zero-order chi connectivity index (χ0) is 15.4. The lowest BCUT2D eigenvalue weighted by Crippen LogP contribution is -2.30. The third kappa shape index (κ3) is 3.40. The van der Waals surface area contributed by atoms with E-state index in [9.17, 15) is 8.78 Å². The minimum Gasteiger partial charge on any atom is -0.494 e. The molecule has 0 spiro atoms. The summed E-state index contributed by atoms with van der Waals surface area (Å²) in [5.74, 6) is 4.80. The van der Waals surface area contributed by atoms with Crippen molar-refractivity contribution in [1.82, 2.24) is 5.43 Å². The summed E-state index contributed by atoms with van der Waals surface area (Å²) in [7, 11) is 1.40. The Kier molecular flexibility index (Phi) is 5.27. The maximum atomic E-state index is 14.2. The second kappa shape index (κ2) is 6.98. The van der Waals surface area contributed by atoms with Gasteiger partial charge in [0.25, 0.3) is 0 Å². The van der Waals surface area contributed by atoms with Gasteiger partial charge in [-0.25, -0.2) is 8.78 Å². The Balaban J connectivity index is 2.36. The average molecular weight is 357 g/mol. The van der Waals surface area contributed by atoms with Crippen molar-refractivity contribution in [3.05, 3.63) is 63.6 Å². The van der Waals surface area contributed by atoms with Crippen molar-refractivity contribution in [3.63, 3.8) is 0 Å². The molecule has 0 bridgehead atoms. The molecule has 0 aliphatic heterocycles. The van der Waals surface area contributed by atoms with Gasteiger partial charge in [-0.05, 0) is 30.2 Å². The zero-order valence-electron chi connectivity index (χ0n) is 11.4. The van der Waals surface area contributed by atoms with E-state index in [1.807, 2.05) is 0 Å². The molecule has 0 fully saturated rings. The van der Waals surface area contributed by atoms with E-state index in [4.69, 9.17) is 10.6 Å². The SMILES string of the molecule is COc1cccc(CC(NN)c2c(F)cccc2Br)c1F. The lowest BCUT2D eigenvalue weighted by atomic mass is 9.98. The van der Waals surface area contributed by atoms with Crippen LogP contribution in [0.2, 0.25) is 0 Å². The lowest BCUT2D eigenvalue weighted by molar-refractivity contribution is 0.382. The highest BCUT2D eigenvalue weighted by Gasteiger charge is 2.20. The number of nitrogens with two attached hydrogens (primary N) is 1. The van der Waals surface area contributed by atoms with Gasteiger partial charge in [0.05, 0.1) is 13.2 Å². The largest absolute Gasteiger partial charge is 0.494 e. The molecule has 6 heteroatoms. The number of hydrogen-bond donors (Lipinski definition) is 2. The number of halogens is 3. The van der Waals surface area contributed by atoms with Gasteiger partial charge in [-0.2, -0.15) is 0 Å². The van der Waals surface area contributed by atoms with Crippen LogP contribution in [0, 0.1) is 11.6 Å². The Labute approximate surface area is 130 Å². The number of rotatable bonds is 5. The van der Waals surface area contributed by atoms with Crippen molar-refractivity contribution in [2.75, 3.05) is 7.11 Å². The Morgan fingerprint density at radius 3 is 2.57 bits per heavy atom. The quantitative estimate of drug-likeness (QED) is 0.636. The van der Waals surface area contributed by atoms with Crippen molar-refractivity contribution >= 4 is 15.9 Å². The number of hydrogen-bond acceptors (Lipinski definition) is 3. The summed E-state index contributed by atoms with van der Waals surface area (Å²) in [6, 6.07) is 8.91. The smallest absolute Gasteiger partial charge is 0.168 e. The molecule has 3 nitrogen and oxygen atoms in total. The van der Waals surface area contributed by atoms with E-state index in [-0.39, 0.29) is 12.2 Å². The Hall–Kier alpha value is -1.50. The Morgan fingerprint density at radius 2 is 1.95 bits per heavy atom.